The van der Waals surface area contributed by atoms with E-state index in [1.807, 2.05) is 0 Å². The van der Waals surface area contributed by atoms with Gasteiger partial charge in [-0.1, -0.05) is 189 Å². The molecule has 390 valence electrons. The topological polar surface area (TPSA) is 218 Å². The molecule has 2 unspecified atom stereocenters. The molecule has 0 bridgehead atoms. The molecule has 7 N–H and O–H groups in total. The van der Waals surface area contributed by atoms with Crippen molar-refractivity contribution in [2.45, 2.75) is 277 Å². The molecule has 0 radical (unpaired) electrons. The fourth-order valence-electron chi connectivity index (χ4n) is 7.79. The quantitative estimate of drug-likeness (QED) is 0.0168. The first-order chi connectivity index (χ1) is 30.5. The Kier molecular flexibility index (Phi) is 43.9. The van der Waals surface area contributed by atoms with E-state index in [4.69, 9.17) is 30.4 Å². The maximum atomic E-state index is 12.8. The van der Waals surface area contributed by atoms with Crippen molar-refractivity contribution >= 4 is 25.5 Å². The van der Waals surface area contributed by atoms with Crippen molar-refractivity contribution in [3.63, 3.8) is 0 Å². The molecular weight excluding hydrogens is 1030 g/mol. The Bertz CT molecular complexity index is 1180. The summed E-state index contributed by atoms with van der Waals surface area (Å²) in [4.78, 5) is 58.1. The maximum absolute atomic E-state index is 12.8. The van der Waals surface area contributed by atoms with Gasteiger partial charge < -0.3 is 45.3 Å². The SMILES string of the molecule is CCCCCCCCCCCCCC(=O)OC[C@H](COC(CO)C(OC(=O)CCCCCC(C)(C)C)P(=O)(O)O)OC(=O)CCCCCCCCCCCCC.N[C@@H]1CCCC[C@H]1N.[Pt]. The van der Waals surface area contributed by atoms with E-state index < -0.39 is 56.8 Å². The zero-order valence-corrected chi connectivity index (χ0v) is 45.0. The Morgan fingerprint density at radius 3 is 1.32 bits per heavy atom. The van der Waals surface area contributed by atoms with E-state index in [1.165, 1.54) is 103 Å². The number of carbonyl (C=O) groups is 3. The first kappa shape index (κ1) is 66.2. The van der Waals surface area contributed by atoms with Crippen LogP contribution in [-0.2, 0) is 59.0 Å². The van der Waals surface area contributed by atoms with Gasteiger partial charge in [-0.3, -0.25) is 18.9 Å². The summed E-state index contributed by atoms with van der Waals surface area (Å²) >= 11 is 0. The average Bonchev–Trinajstić information content (AvgIpc) is 3.23. The van der Waals surface area contributed by atoms with E-state index in [0.717, 1.165) is 70.6 Å². The molecule has 1 saturated carbocycles. The molecule has 0 heterocycles. The largest absolute Gasteiger partial charge is 0.462 e. The van der Waals surface area contributed by atoms with E-state index in [2.05, 4.69) is 34.6 Å². The van der Waals surface area contributed by atoms with E-state index in [1.54, 1.807) is 0 Å². The monoisotopic (exact) mass is 1130 g/mol. The molecule has 5 atom stereocenters. The number of rotatable bonds is 39. The smallest absolute Gasteiger partial charge is 0.368 e. The van der Waals surface area contributed by atoms with Crippen molar-refractivity contribution < 1.29 is 73.9 Å². The molecule has 1 rings (SSSR count). The Hall–Kier alpha value is -0.912. The second-order valence-electron chi connectivity index (χ2n) is 19.6. The predicted molar refractivity (Wildman–Crippen MR) is 259 cm³/mol. The Morgan fingerprint density at radius 2 is 0.954 bits per heavy atom. The second-order valence-corrected chi connectivity index (χ2v) is 21.3. The molecule has 0 aromatic rings. The molecule has 1 fully saturated rings. The molecule has 0 saturated heterocycles. The van der Waals surface area contributed by atoms with Gasteiger partial charge in [0.05, 0.1) is 13.2 Å². The molecule has 13 nitrogen and oxygen atoms in total. The summed E-state index contributed by atoms with van der Waals surface area (Å²) in [7, 11) is -5.08. The summed E-state index contributed by atoms with van der Waals surface area (Å²) in [5.41, 5.74) is 11.5. The van der Waals surface area contributed by atoms with Crippen molar-refractivity contribution in [1.29, 1.82) is 0 Å². The number of ether oxygens (including phenoxy) is 4. The summed E-state index contributed by atoms with van der Waals surface area (Å²) in [6.45, 7) is 9.23. The summed E-state index contributed by atoms with van der Waals surface area (Å²) in [6.07, 6.45) is 30.9. The van der Waals surface area contributed by atoms with Crippen LogP contribution < -0.4 is 11.5 Å². The van der Waals surface area contributed by atoms with Crippen LogP contribution in [0.2, 0.25) is 0 Å². The zero-order chi connectivity index (χ0) is 47.9. The molecule has 1 aliphatic carbocycles. The number of carbonyl (C=O) groups excluding carboxylic acids is 3. The molecule has 0 aromatic heterocycles. The first-order valence-corrected chi connectivity index (χ1v) is 27.6. The van der Waals surface area contributed by atoms with Gasteiger partial charge in [0.2, 0.25) is 5.85 Å². The second kappa shape index (κ2) is 43.1. The standard InChI is InChI=1S/C44H85O11P.C6H14N2.Pt/c1-6-8-10-12-14-16-18-20-22-24-27-31-40(46)53-37-38(54-41(47)32-28-25-23-21-19-17-15-13-11-9-7-2)36-52-39(35-45)43(56(49,50)51)55-42(48)33-29-26-30-34-44(3,4)5;7-5-3-1-2-4-6(5)8;/h38-39,43,45H,6-37H2,1-5H3,(H2,49,50,51);5-6H,1-4,7-8H2;/t38-,39?,43?;5-,6-;/m01./s1. The van der Waals surface area contributed by atoms with E-state index >= 15 is 0 Å². The third-order valence-electron chi connectivity index (χ3n) is 12.0. The summed E-state index contributed by atoms with van der Waals surface area (Å²) < 4.78 is 34.3. The number of unbranched alkanes of at least 4 members (excludes halogenated alkanes) is 22. The Morgan fingerprint density at radius 1 is 0.585 bits per heavy atom. The Labute approximate surface area is 410 Å². The average molecular weight is 1130 g/mol. The molecule has 0 aromatic carbocycles. The minimum absolute atomic E-state index is 0. The zero-order valence-electron chi connectivity index (χ0n) is 41.9. The first-order valence-electron chi connectivity index (χ1n) is 25.9. The van der Waals surface area contributed by atoms with E-state index in [-0.39, 0.29) is 64.4 Å². The molecule has 0 spiro atoms. The van der Waals surface area contributed by atoms with Crippen LogP contribution in [0.25, 0.3) is 0 Å². The molecule has 0 aliphatic heterocycles. The molecular formula is C50H99N2O11PPt. The maximum Gasteiger partial charge on any atom is 0.368 e. The number of esters is 3. The normalized spacial score (nSPS) is 16.6. The fourth-order valence-corrected chi connectivity index (χ4v) is 8.66. The van der Waals surface area contributed by atoms with Crippen LogP contribution in [0.1, 0.15) is 247 Å². The van der Waals surface area contributed by atoms with Gasteiger partial charge in [0.15, 0.2) is 6.10 Å². The molecule has 65 heavy (non-hydrogen) atoms. The number of aliphatic hydroxyl groups is 1. The van der Waals surface area contributed by atoms with Gasteiger partial charge >= 0.3 is 25.5 Å². The summed E-state index contributed by atoms with van der Waals surface area (Å²) in [6, 6.07) is 0.562. The van der Waals surface area contributed by atoms with E-state index in [0.29, 0.717) is 19.3 Å². The van der Waals surface area contributed by atoms with Crippen LogP contribution >= 0.6 is 7.60 Å². The van der Waals surface area contributed by atoms with Gasteiger partial charge in [-0.2, -0.15) is 0 Å². The van der Waals surface area contributed by atoms with Crippen molar-refractivity contribution in [3.8, 4) is 0 Å². The van der Waals surface area contributed by atoms with Gasteiger partial charge in [-0.25, -0.2) is 0 Å². The number of hydrogen-bond acceptors (Lipinski definition) is 11. The summed E-state index contributed by atoms with van der Waals surface area (Å²) in [5.74, 6) is -3.79. The summed E-state index contributed by atoms with van der Waals surface area (Å²) in [5, 5.41) is 10.1. The van der Waals surface area contributed by atoms with Crippen molar-refractivity contribution in [2.24, 2.45) is 16.9 Å². The van der Waals surface area contributed by atoms with Crippen LogP contribution in [0.4, 0.5) is 0 Å². The third-order valence-corrected chi connectivity index (χ3v) is 13.1. The van der Waals surface area contributed by atoms with Crippen LogP contribution in [0.15, 0.2) is 0 Å². The van der Waals surface area contributed by atoms with Crippen molar-refractivity contribution in [3.05, 3.63) is 0 Å². The van der Waals surface area contributed by atoms with Crippen molar-refractivity contribution in [2.75, 3.05) is 19.8 Å². The fraction of sp³-hybridized carbons (Fsp3) is 0.940. The predicted octanol–water partition coefficient (Wildman–Crippen LogP) is 11.5. The van der Waals surface area contributed by atoms with Crippen molar-refractivity contribution in [1.82, 2.24) is 0 Å². The van der Waals surface area contributed by atoms with Gasteiger partial charge in [-0.05, 0) is 43.9 Å². The minimum Gasteiger partial charge on any atom is -0.462 e. The van der Waals surface area contributed by atoms with Gasteiger partial charge in [0, 0.05) is 52.4 Å². The molecule has 15 heteroatoms. The van der Waals surface area contributed by atoms with Gasteiger partial charge in [0.1, 0.15) is 12.7 Å². The Balaban J connectivity index is 0. The van der Waals surface area contributed by atoms with Gasteiger partial charge in [0.25, 0.3) is 0 Å². The van der Waals surface area contributed by atoms with Crippen LogP contribution in [-0.4, -0.2) is 82.8 Å². The van der Waals surface area contributed by atoms with Crippen LogP contribution in [0, 0.1) is 5.41 Å². The van der Waals surface area contributed by atoms with E-state index in [9.17, 15) is 33.8 Å². The molecule has 0 amide bonds. The number of nitrogens with two attached hydrogens (primary N) is 2. The van der Waals surface area contributed by atoms with Crippen LogP contribution in [0.5, 0.6) is 0 Å². The number of hydrogen-bond donors (Lipinski definition) is 5. The molecule has 1 aliphatic rings. The minimum atomic E-state index is -5.08. The number of aliphatic hydroxyl groups excluding tert-OH is 1. The third kappa shape index (κ3) is 41.8. The van der Waals surface area contributed by atoms with Gasteiger partial charge in [-0.15, -0.1) is 0 Å². The van der Waals surface area contributed by atoms with Crippen LogP contribution in [0.3, 0.4) is 0 Å².